The van der Waals surface area contributed by atoms with Gasteiger partial charge in [-0.3, -0.25) is 0 Å². The maximum atomic E-state index is 5.78. The molecule has 3 nitrogen and oxygen atoms in total. The van der Waals surface area contributed by atoms with E-state index in [4.69, 9.17) is 15.2 Å². The van der Waals surface area contributed by atoms with Crippen molar-refractivity contribution in [1.29, 1.82) is 0 Å². The number of fused-ring (bicyclic) bond motifs is 1. The van der Waals surface area contributed by atoms with Crippen LogP contribution in [0.1, 0.15) is 18.1 Å². The van der Waals surface area contributed by atoms with Crippen LogP contribution in [-0.2, 0) is 4.74 Å². The highest BCUT2D eigenvalue weighted by Gasteiger charge is 2.22. The topological polar surface area (TPSA) is 44.5 Å². The lowest BCUT2D eigenvalue weighted by Gasteiger charge is -2.25. The quantitative estimate of drug-likeness (QED) is 0.668. The fraction of sp³-hybridized carbons (Fsp3) is 0.400. The predicted octanol–water partition coefficient (Wildman–Crippen LogP) is 1.74. The van der Waals surface area contributed by atoms with Crippen molar-refractivity contribution in [3.63, 3.8) is 0 Å². The third-order valence-electron chi connectivity index (χ3n) is 2.33. The monoisotopic (exact) mass is 179 g/mol. The summed E-state index contributed by atoms with van der Waals surface area (Å²) in [4.78, 5) is 0. The van der Waals surface area contributed by atoms with Crippen LogP contribution in [-0.4, -0.2) is 13.7 Å². The number of hydrogen-bond acceptors (Lipinski definition) is 3. The van der Waals surface area contributed by atoms with E-state index in [0.29, 0.717) is 12.3 Å². The van der Waals surface area contributed by atoms with E-state index in [2.05, 4.69) is 0 Å². The van der Waals surface area contributed by atoms with Crippen molar-refractivity contribution in [3.8, 4) is 5.75 Å². The van der Waals surface area contributed by atoms with Crippen LogP contribution in [0.15, 0.2) is 18.2 Å². The molecule has 0 amide bonds. The number of hydrogen-bond donors (Lipinski definition) is 1. The van der Waals surface area contributed by atoms with Crippen LogP contribution in [0.5, 0.6) is 5.75 Å². The number of methoxy groups -OCH3 is 1. The van der Waals surface area contributed by atoms with Gasteiger partial charge in [0.15, 0.2) is 0 Å². The van der Waals surface area contributed by atoms with Gasteiger partial charge in [-0.05, 0) is 6.07 Å². The van der Waals surface area contributed by atoms with Crippen LogP contribution >= 0.6 is 0 Å². The maximum Gasteiger partial charge on any atom is 0.147 e. The normalized spacial score (nSPS) is 20.5. The number of nitrogen functional groups attached to an aromatic ring is 1. The second-order valence-electron chi connectivity index (χ2n) is 3.13. The lowest BCUT2D eigenvalue weighted by atomic mass is 10.0. The standard InChI is InChI=1S/C10H13NO2/c1-12-9-5-6-13-10-7(9)3-2-4-8(10)11/h2-4,9H,5-6,11H2,1H3. The first-order valence-electron chi connectivity index (χ1n) is 4.37. The van der Waals surface area contributed by atoms with Crippen molar-refractivity contribution in [1.82, 2.24) is 0 Å². The van der Waals surface area contributed by atoms with Crippen LogP contribution in [0.2, 0.25) is 0 Å². The van der Waals surface area contributed by atoms with Gasteiger partial charge in [-0.25, -0.2) is 0 Å². The molecule has 1 unspecified atom stereocenters. The molecular weight excluding hydrogens is 166 g/mol. The van der Waals surface area contributed by atoms with E-state index in [0.717, 1.165) is 17.7 Å². The molecule has 2 rings (SSSR count). The molecule has 0 saturated heterocycles. The van der Waals surface area contributed by atoms with Gasteiger partial charge in [-0.15, -0.1) is 0 Å². The molecule has 0 spiro atoms. The van der Waals surface area contributed by atoms with Gasteiger partial charge in [0.05, 0.1) is 18.4 Å². The van der Waals surface area contributed by atoms with Gasteiger partial charge in [0.25, 0.3) is 0 Å². The Labute approximate surface area is 77.5 Å². The van der Waals surface area contributed by atoms with Crippen molar-refractivity contribution in [3.05, 3.63) is 23.8 Å². The molecule has 0 saturated carbocycles. The van der Waals surface area contributed by atoms with Crippen molar-refractivity contribution in [2.45, 2.75) is 12.5 Å². The van der Waals surface area contributed by atoms with Gasteiger partial charge >= 0.3 is 0 Å². The molecule has 3 heteroatoms. The molecule has 1 aliphatic heterocycles. The van der Waals surface area contributed by atoms with E-state index in [-0.39, 0.29) is 6.10 Å². The number of anilines is 1. The molecule has 0 aromatic heterocycles. The Morgan fingerprint density at radius 1 is 1.54 bits per heavy atom. The highest BCUT2D eigenvalue weighted by atomic mass is 16.5. The highest BCUT2D eigenvalue weighted by molar-refractivity contribution is 5.58. The Kier molecular flexibility index (Phi) is 2.10. The lowest BCUT2D eigenvalue weighted by molar-refractivity contribution is 0.0640. The number of rotatable bonds is 1. The second-order valence-corrected chi connectivity index (χ2v) is 3.13. The number of ether oxygens (including phenoxy) is 2. The SMILES string of the molecule is COC1CCOc2c(N)cccc21. The predicted molar refractivity (Wildman–Crippen MR) is 50.7 cm³/mol. The molecule has 0 bridgehead atoms. The van der Waals surface area contributed by atoms with Crippen LogP contribution in [0.4, 0.5) is 5.69 Å². The molecule has 1 aromatic rings. The number of nitrogens with two attached hydrogens (primary N) is 1. The summed E-state index contributed by atoms with van der Waals surface area (Å²) >= 11 is 0. The highest BCUT2D eigenvalue weighted by Crippen LogP contribution is 2.37. The first kappa shape index (κ1) is 8.38. The van der Waals surface area contributed by atoms with E-state index in [1.807, 2.05) is 18.2 Å². The Balaban J connectivity index is 2.45. The summed E-state index contributed by atoms with van der Waals surface area (Å²) < 4.78 is 10.8. The van der Waals surface area contributed by atoms with Crippen molar-refractivity contribution in [2.75, 3.05) is 19.5 Å². The fourth-order valence-electron chi connectivity index (χ4n) is 1.66. The van der Waals surface area contributed by atoms with Gasteiger partial charge in [0.2, 0.25) is 0 Å². The minimum Gasteiger partial charge on any atom is -0.491 e. The summed E-state index contributed by atoms with van der Waals surface area (Å²) in [6, 6.07) is 5.77. The molecular formula is C10H13NO2. The van der Waals surface area contributed by atoms with Crippen molar-refractivity contribution >= 4 is 5.69 Å². The van der Waals surface area contributed by atoms with Crippen LogP contribution in [0.25, 0.3) is 0 Å². The van der Waals surface area contributed by atoms with Crippen LogP contribution in [0, 0.1) is 0 Å². The third-order valence-corrected chi connectivity index (χ3v) is 2.33. The van der Waals surface area contributed by atoms with Gasteiger partial charge in [-0.2, -0.15) is 0 Å². The molecule has 0 aliphatic carbocycles. The van der Waals surface area contributed by atoms with Crippen LogP contribution < -0.4 is 10.5 Å². The molecule has 0 radical (unpaired) electrons. The molecule has 13 heavy (non-hydrogen) atoms. The zero-order valence-corrected chi connectivity index (χ0v) is 7.62. The Hall–Kier alpha value is -1.22. The van der Waals surface area contributed by atoms with Gasteiger partial charge in [0.1, 0.15) is 5.75 Å². The van der Waals surface area contributed by atoms with Crippen LogP contribution in [0.3, 0.4) is 0 Å². The molecule has 1 heterocycles. The summed E-state index contributed by atoms with van der Waals surface area (Å²) in [5, 5.41) is 0. The van der Waals surface area contributed by atoms with E-state index in [1.165, 1.54) is 0 Å². The molecule has 1 aliphatic rings. The minimum atomic E-state index is 0.132. The maximum absolute atomic E-state index is 5.78. The smallest absolute Gasteiger partial charge is 0.147 e. The summed E-state index contributed by atoms with van der Waals surface area (Å²) in [5.41, 5.74) is 7.54. The fourth-order valence-corrected chi connectivity index (χ4v) is 1.66. The Morgan fingerprint density at radius 2 is 2.38 bits per heavy atom. The minimum absolute atomic E-state index is 0.132. The van der Waals surface area contributed by atoms with Gasteiger partial charge in [0, 0.05) is 19.1 Å². The molecule has 0 fully saturated rings. The summed E-state index contributed by atoms with van der Waals surface area (Å²) in [7, 11) is 1.71. The van der Waals surface area contributed by atoms with Crippen molar-refractivity contribution < 1.29 is 9.47 Å². The van der Waals surface area contributed by atoms with E-state index >= 15 is 0 Å². The van der Waals surface area contributed by atoms with E-state index < -0.39 is 0 Å². The van der Waals surface area contributed by atoms with Gasteiger partial charge in [-0.1, -0.05) is 12.1 Å². The van der Waals surface area contributed by atoms with Gasteiger partial charge < -0.3 is 15.2 Å². The Morgan fingerprint density at radius 3 is 3.15 bits per heavy atom. The average Bonchev–Trinajstić information content (AvgIpc) is 2.18. The first-order chi connectivity index (χ1) is 6.33. The molecule has 1 atom stereocenters. The molecule has 2 N–H and O–H groups in total. The largest absolute Gasteiger partial charge is 0.491 e. The van der Waals surface area contributed by atoms with Crippen molar-refractivity contribution in [2.24, 2.45) is 0 Å². The van der Waals surface area contributed by atoms with E-state index in [1.54, 1.807) is 7.11 Å². The second kappa shape index (κ2) is 3.26. The average molecular weight is 179 g/mol. The summed E-state index contributed by atoms with van der Waals surface area (Å²) in [5.74, 6) is 0.792. The summed E-state index contributed by atoms with van der Waals surface area (Å²) in [6.45, 7) is 0.680. The zero-order valence-electron chi connectivity index (χ0n) is 7.62. The molecule has 70 valence electrons. The number of para-hydroxylation sites is 1. The number of benzene rings is 1. The first-order valence-corrected chi connectivity index (χ1v) is 4.37. The Bertz CT molecular complexity index is 312. The summed E-state index contributed by atoms with van der Waals surface area (Å²) in [6.07, 6.45) is 1.03. The molecule has 1 aromatic carbocycles. The third kappa shape index (κ3) is 1.35. The zero-order chi connectivity index (χ0) is 9.26. The van der Waals surface area contributed by atoms with E-state index in [9.17, 15) is 0 Å². The lowest BCUT2D eigenvalue weighted by Crippen LogP contribution is -2.16.